The molecule has 1 fully saturated rings. The van der Waals surface area contributed by atoms with Gasteiger partial charge in [0.1, 0.15) is 0 Å². The largest absolute Gasteiger partial charge is 0.368 e. The zero-order valence-electron chi connectivity index (χ0n) is 13.1. The van der Waals surface area contributed by atoms with Crippen molar-refractivity contribution in [3.63, 3.8) is 0 Å². The summed E-state index contributed by atoms with van der Waals surface area (Å²) in [7, 11) is 1.65. The lowest BCUT2D eigenvalue weighted by Gasteiger charge is -2.35. The first-order chi connectivity index (χ1) is 11.2. The number of aromatic nitrogens is 2. The zero-order chi connectivity index (χ0) is 16.2. The quantitative estimate of drug-likeness (QED) is 0.845. The average Bonchev–Trinajstić information content (AvgIpc) is 2.59. The van der Waals surface area contributed by atoms with Crippen LogP contribution in [0.2, 0.25) is 0 Å². The van der Waals surface area contributed by atoms with Crippen LogP contribution >= 0.6 is 0 Å². The molecule has 0 N–H and O–H groups in total. The number of aryl methyl sites for hydroxylation is 1. The maximum Gasteiger partial charge on any atom is 0.268 e. The van der Waals surface area contributed by atoms with Gasteiger partial charge in [-0.05, 0) is 17.7 Å². The van der Waals surface area contributed by atoms with Gasteiger partial charge in [0.25, 0.3) is 5.56 Å². The standard InChI is InChI=1S/C17H19N5O/c1-20-17(23)10-16(12-19-20)22-8-6-21(7-9-22)13-15-4-2-14(11-18)3-5-15/h2-5,10,12H,6-9,13H2,1H3. The Balaban J connectivity index is 1.58. The lowest BCUT2D eigenvalue weighted by atomic mass is 10.1. The zero-order valence-corrected chi connectivity index (χ0v) is 13.1. The van der Waals surface area contributed by atoms with Crippen molar-refractivity contribution in [1.82, 2.24) is 14.7 Å². The molecule has 1 aromatic heterocycles. The summed E-state index contributed by atoms with van der Waals surface area (Å²) in [6.07, 6.45) is 1.75. The molecule has 2 heterocycles. The fourth-order valence-corrected chi connectivity index (χ4v) is 2.74. The summed E-state index contributed by atoms with van der Waals surface area (Å²) in [4.78, 5) is 16.3. The van der Waals surface area contributed by atoms with Gasteiger partial charge in [-0.2, -0.15) is 10.4 Å². The summed E-state index contributed by atoms with van der Waals surface area (Å²) < 4.78 is 1.34. The molecule has 1 saturated heterocycles. The summed E-state index contributed by atoms with van der Waals surface area (Å²) in [6.45, 7) is 4.52. The number of rotatable bonds is 3. The molecule has 6 nitrogen and oxygen atoms in total. The Labute approximate surface area is 135 Å². The first-order valence-corrected chi connectivity index (χ1v) is 7.65. The third-order valence-electron chi connectivity index (χ3n) is 4.18. The summed E-state index contributed by atoms with van der Waals surface area (Å²) in [5.74, 6) is 0. The lowest BCUT2D eigenvalue weighted by molar-refractivity contribution is 0.249. The van der Waals surface area contributed by atoms with Crippen molar-refractivity contribution < 1.29 is 0 Å². The van der Waals surface area contributed by atoms with E-state index >= 15 is 0 Å². The van der Waals surface area contributed by atoms with E-state index in [0.717, 1.165) is 38.4 Å². The molecule has 1 aromatic carbocycles. The van der Waals surface area contributed by atoms with Gasteiger partial charge in [0.2, 0.25) is 0 Å². The van der Waals surface area contributed by atoms with Crippen LogP contribution in [0.1, 0.15) is 11.1 Å². The molecule has 0 spiro atoms. The smallest absolute Gasteiger partial charge is 0.268 e. The molecule has 23 heavy (non-hydrogen) atoms. The molecular formula is C17H19N5O. The van der Waals surface area contributed by atoms with Crippen LogP contribution in [0.4, 0.5) is 5.69 Å². The van der Waals surface area contributed by atoms with Crippen LogP contribution < -0.4 is 10.5 Å². The van der Waals surface area contributed by atoms with Gasteiger partial charge in [-0.1, -0.05) is 12.1 Å². The predicted octanol–water partition coefficient (Wildman–Crippen LogP) is 0.974. The first-order valence-electron chi connectivity index (χ1n) is 7.65. The fraction of sp³-hybridized carbons (Fsp3) is 0.353. The SMILES string of the molecule is Cn1ncc(N2CCN(Cc3ccc(C#N)cc3)CC2)cc1=O. The molecule has 2 aromatic rings. The third-order valence-corrected chi connectivity index (χ3v) is 4.18. The lowest BCUT2D eigenvalue weighted by Crippen LogP contribution is -2.46. The highest BCUT2D eigenvalue weighted by Crippen LogP contribution is 2.15. The van der Waals surface area contributed by atoms with Crippen LogP contribution in [0.25, 0.3) is 0 Å². The number of piperazine rings is 1. The van der Waals surface area contributed by atoms with Gasteiger partial charge in [0.15, 0.2) is 0 Å². The number of nitrogens with zero attached hydrogens (tertiary/aromatic N) is 5. The Morgan fingerprint density at radius 3 is 2.48 bits per heavy atom. The van der Waals surface area contributed by atoms with Crippen LogP contribution in [0.3, 0.4) is 0 Å². The molecular weight excluding hydrogens is 290 g/mol. The Morgan fingerprint density at radius 2 is 1.87 bits per heavy atom. The minimum atomic E-state index is -0.0810. The fourth-order valence-electron chi connectivity index (χ4n) is 2.74. The van der Waals surface area contributed by atoms with Gasteiger partial charge in [-0.3, -0.25) is 9.69 Å². The molecule has 1 aliphatic rings. The van der Waals surface area contributed by atoms with Gasteiger partial charge in [-0.15, -0.1) is 0 Å². The van der Waals surface area contributed by atoms with Crippen LogP contribution in [0.5, 0.6) is 0 Å². The van der Waals surface area contributed by atoms with Gasteiger partial charge in [0, 0.05) is 45.8 Å². The van der Waals surface area contributed by atoms with Gasteiger partial charge in [0.05, 0.1) is 23.5 Å². The van der Waals surface area contributed by atoms with Crippen molar-refractivity contribution in [2.75, 3.05) is 31.1 Å². The van der Waals surface area contributed by atoms with E-state index in [1.54, 1.807) is 19.3 Å². The predicted molar refractivity (Wildman–Crippen MR) is 88.1 cm³/mol. The van der Waals surface area contributed by atoms with Crippen molar-refractivity contribution in [1.29, 1.82) is 5.26 Å². The Kier molecular flexibility index (Phi) is 4.40. The molecule has 0 aliphatic carbocycles. The van der Waals surface area contributed by atoms with Gasteiger partial charge in [-0.25, -0.2) is 4.68 Å². The van der Waals surface area contributed by atoms with Gasteiger partial charge < -0.3 is 4.90 Å². The van der Waals surface area contributed by atoms with E-state index in [1.807, 2.05) is 24.3 Å². The van der Waals surface area contributed by atoms with Crippen molar-refractivity contribution in [2.24, 2.45) is 7.05 Å². The molecule has 6 heteroatoms. The molecule has 0 saturated carbocycles. The first kappa shape index (κ1) is 15.3. The average molecular weight is 309 g/mol. The molecule has 118 valence electrons. The highest BCUT2D eigenvalue weighted by atomic mass is 16.1. The summed E-state index contributed by atoms with van der Waals surface area (Å²) in [5.41, 5.74) is 2.72. The van der Waals surface area contributed by atoms with Crippen LogP contribution in [-0.2, 0) is 13.6 Å². The number of benzene rings is 1. The molecule has 0 bridgehead atoms. The molecule has 3 rings (SSSR count). The summed E-state index contributed by atoms with van der Waals surface area (Å²) >= 11 is 0. The van der Waals surface area contributed by atoms with E-state index in [0.29, 0.717) is 5.56 Å². The van der Waals surface area contributed by atoms with E-state index in [2.05, 4.69) is 21.0 Å². The van der Waals surface area contributed by atoms with Crippen LogP contribution in [0.15, 0.2) is 41.3 Å². The number of nitriles is 1. The second kappa shape index (κ2) is 6.63. The molecule has 1 aliphatic heterocycles. The van der Waals surface area contributed by atoms with E-state index < -0.39 is 0 Å². The molecule has 0 atom stereocenters. The number of anilines is 1. The second-order valence-corrected chi connectivity index (χ2v) is 5.75. The van der Waals surface area contributed by atoms with Gasteiger partial charge >= 0.3 is 0 Å². The minimum absolute atomic E-state index is 0.0810. The van der Waals surface area contributed by atoms with Crippen molar-refractivity contribution in [3.05, 3.63) is 58.0 Å². The third kappa shape index (κ3) is 3.58. The number of hydrogen-bond acceptors (Lipinski definition) is 5. The minimum Gasteiger partial charge on any atom is -0.368 e. The van der Waals surface area contributed by atoms with E-state index in [-0.39, 0.29) is 5.56 Å². The second-order valence-electron chi connectivity index (χ2n) is 5.75. The number of hydrogen-bond donors (Lipinski definition) is 0. The highest BCUT2D eigenvalue weighted by molar-refractivity contribution is 5.43. The Hall–Kier alpha value is -2.65. The maximum absolute atomic E-state index is 11.7. The molecule has 0 radical (unpaired) electrons. The van der Waals surface area contributed by atoms with Crippen molar-refractivity contribution in [3.8, 4) is 6.07 Å². The Morgan fingerprint density at radius 1 is 1.17 bits per heavy atom. The van der Waals surface area contributed by atoms with Crippen molar-refractivity contribution in [2.45, 2.75) is 6.54 Å². The summed E-state index contributed by atoms with van der Waals surface area (Å²) in [6, 6.07) is 11.5. The van der Waals surface area contributed by atoms with E-state index in [9.17, 15) is 4.79 Å². The molecule has 0 amide bonds. The maximum atomic E-state index is 11.7. The topological polar surface area (TPSA) is 65.2 Å². The Bertz CT molecular complexity index is 767. The van der Waals surface area contributed by atoms with E-state index in [1.165, 1.54) is 10.2 Å². The van der Waals surface area contributed by atoms with Crippen molar-refractivity contribution >= 4 is 5.69 Å². The molecule has 0 unspecified atom stereocenters. The van der Waals surface area contributed by atoms with Crippen LogP contribution in [-0.4, -0.2) is 40.9 Å². The van der Waals surface area contributed by atoms with E-state index in [4.69, 9.17) is 5.26 Å². The highest BCUT2D eigenvalue weighted by Gasteiger charge is 2.18. The normalized spacial score (nSPS) is 15.4. The van der Waals surface area contributed by atoms with Crippen LogP contribution in [0, 0.1) is 11.3 Å². The summed E-state index contributed by atoms with van der Waals surface area (Å²) in [5, 5.41) is 12.9. The monoisotopic (exact) mass is 309 g/mol.